The number of hydrogen-bond acceptors (Lipinski definition) is 3. The molecular weight excluding hydrogens is 342 g/mol. The highest BCUT2D eigenvalue weighted by Gasteiger charge is 2.25. The number of nitrogens with zero attached hydrogens (tertiary/aromatic N) is 3. The van der Waals surface area contributed by atoms with Gasteiger partial charge in [-0.15, -0.1) is 0 Å². The average Bonchev–Trinajstić information content (AvgIpc) is 2.94. The Hall–Kier alpha value is -2.76. The zero-order chi connectivity index (χ0) is 19.6. The Morgan fingerprint density at radius 2 is 1.59 bits per heavy atom. The topological polar surface area (TPSA) is 54.8 Å². The van der Waals surface area contributed by atoms with Crippen molar-refractivity contribution in [3.05, 3.63) is 52.8 Å². The van der Waals surface area contributed by atoms with Gasteiger partial charge in [-0.1, -0.05) is 0 Å². The first-order chi connectivity index (χ1) is 12.9. The molecule has 0 spiro atoms. The van der Waals surface area contributed by atoms with Gasteiger partial charge in [0.15, 0.2) is 0 Å². The summed E-state index contributed by atoms with van der Waals surface area (Å²) in [7, 11) is 3.62. The Morgan fingerprint density at radius 1 is 1.00 bits per heavy atom. The van der Waals surface area contributed by atoms with Gasteiger partial charge >= 0.3 is 0 Å². The van der Waals surface area contributed by atoms with Gasteiger partial charge < -0.3 is 19.1 Å². The molecule has 2 heterocycles. The number of hydrogen-bond donors (Lipinski definition) is 0. The fraction of sp³-hybridized carbons (Fsp3) is 0.429. The van der Waals surface area contributed by atoms with Crippen molar-refractivity contribution in [2.24, 2.45) is 7.05 Å². The van der Waals surface area contributed by atoms with Crippen LogP contribution in [0.4, 0.5) is 0 Å². The standard InChI is InChI=1S/C21H27N3O3/c1-15-13-18(16(2)22(15)3)14-20(25)23-9-11-24(12-10-23)21(26)17-5-7-19(27-4)8-6-17/h5-8,13H,9-12,14H2,1-4H3. The molecule has 144 valence electrons. The summed E-state index contributed by atoms with van der Waals surface area (Å²) in [5.41, 5.74) is 4.02. The van der Waals surface area contributed by atoms with Crippen LogP contribution >= 0.6 is 0 Å². The number of benzene rings is 1. The molecule has 2 aromatic rings. The van der Waals surface area contributed by atoms with Crippen molar-refractivity contribution in [2.45, 2.75) is 20.3 Å². The summed E-state index contributed by atoms with van der Waals surface area (Å²) >= 11 is 0. The van der Waals surface area contributed by atoms with Gasteiger partial charge in [-0.2, -0.15) is 0 Å². The first kappa shape index (κ1) is 19.0. The van der Waals surface area contributed by atoms with Crippen LogP contribution in [0.2, 0.25) is 0 Å². The number of methoxy groups -OCH3 is 1. The molecule has 0 radical (unpaired) electrons. The molecule has 6 heteroatoms. The second kappa shape index (κ2) is 7.86. The van der Waals surface area contributed by atoms with Crippen molar-refractivity contribution in [3.63, 3.8) is 0 Å². The molecule has 27 heavy (non-hydrogen) atoms. The number of aryl methyl sites for hydroxylation is 1. The predicted molar refractivity (Wildman–Crippen MR) is 104 cm³/mol. The maximum Gasteiger partial charge on any atom is 0.253 e. The largest absolute Gasteiger partial charge is 0.497 e. The van der Waals surface area contributed by atoms with E-state index in [1.165, 1.54) is 0 Å². The third kappa shape index (κ3) is 3.99. The zero-order valence-electron chi connectivity index (χ0n) is 16.5. The quantitative estimate of drug-likeness (QED) is 0.830. The second-order valence-corrected chi connectivity index (χ2v) is 7.03. The molecule has 6 nitrogen and oxygen atoms in total. The monoisotopic (exact) mass is 369 g/mol. The van der Waals surface area contributed by atoms with Crippen LogP contribution in [-0.4, -0.2) is 59.5 Å². The number of carbonyl (C=O) groups is 2. The third-order valence-corrected chi connectivity index (χ3v) is 5.48. The zero-order valence-corrected chi connectivity index (χ0v) is 16.5. The molecule has 1 aromatic heterocycles. The van der Waals surface area contributed by atoms with E-state index in [0.29, 0.717) is 38.2 Å². The smallest absolute Gasteiger partial charge is 0.253 e. The summed E-state index contributed by atoms with van der Waals surface area (Å²) in [6.07, 6.45) is 0.417. The van der Waals surface area contributed by atoms with Crippen LogP contribution in [0.3, 0.4) is 0 Å². The van der Waals surface area contributed by atoms with Crippen molar-refractivity contribution >= 4 is 11.8 Å². The van der Waals surface area contributed by atoms with E-state index < -0.39 is 0 Å². The number of amides is 2. The molecule has 2 amide bonds. The van der Waals surface area contributed by atoms with Gasteiger partial charge in [-0.25, -0.2) is 0 Å². The van der Waals surface area contributed by atoms with Crippen LogP contribution in [-0.2, 0) is 18.3 Å². The van der Waals surface area contributed by atoms with Crippen molar-refractivity contribution in [1.82, 2.24) is 14.4 Å². The van der Waals surface area contributed by atoms with Crippen molar-refractivity contribution in [2.75, 3.05) is 33.3 Å². The fourth-order valence-electron chi connectivity index (χ4n) is 3.46. The van der Waals surface area contributed by atoms with Crippen molar-refractivity contribution < 1.29 is 14.3 Å². The Bertz CT molecular complexity index is 831. The van der Waals surface area contributed by atoms with Crippen LogP contribution in [0, 0.1) is 13.8 Å². The molecule has 0 N–H and O–H groups in total. The first-order valence-corrected chi connectivity index (χ1v) is 9.23. The van der Waals surface area contributed by atoms with Gasteiger partial charge in [0, 0.05) is 50.2 Å². The number of piperazine rings is 1. The summed E-state index contributed by atoms with van der Waals surface area (Å²) in [6.45, 7) is 6.36. The Morgan fingerprint density at radius 3 is 2.11 bits per heavy atom. The average molecular weight is 369 g/mol. The van der Waals surface area contributed by atoms with E-state index in [2.05, 4.69) is 10.6 Å². The summed E-state index contributed by atoms with van der Waals surface area (Å²) in [4.78, 5) is 29.0. The number of ether oxygens (including phenoxy) is 1. The highest BCUT2D eigenvalue weighted by atomic mass is 16.5. The molecule has 1 aromatic carbocycles. The molecule has 1 fully saturated rings. The van der Waals surface area contributed by atoms with Gasteiger partial charge in [-0.05, 0) is 49.7 Å². The highest BCUT2D eigenvalue weighted by molar-refractivity contribution is 5.94. The third-order valence-electron chi connectivity index (χ3n) is 5.48. The van der Waals surface area contributed by atoms with Crippen molar-refractivity contribution in [3.8, 4) is 5.75 Å². The maximum atomic E-state index is 12.7. The Kier molecular flexibility index (Phi) is 5.54. The minimum atomic E-state index is -0.000666. The van der Waals surface area contributed by atoms with E-state index in [-0.39, 0.29) is 11.8 Å². The lowest BCUT2D eigenvalue weighted by Gasteiger charge is -2.35. The van der Waals surface area contributed by atoms with Crippen LogP contribution in [0.25, 0.3) is 0 Å². The van der Waals surface area contributed by atoms with E-state index in [9.17, 15) is 9.59 Å². The van der Waals surface area contributed by atoms with E-state index in [1.807, 2.05) is 30.7 Å². The van der Waals surface area contributed by atoms with Gasteiger partial charge in [0.1, 0.15) is 5.75 Å². The Balaban J connectivity index is 1.56. The molecule has 0 aliphatic carbocycles. The predicted octanol–water partition coefficient (Wildman–Crippen LogP) is 2.18. The van der Waals surface area contributed by atoms with Crippen LogP contribution < -0.4 is 4.74 Å². The molecule has 1 aliphatic heterocycles. The lowest BCUT2D eigenvalue weighted by atomic mass is 10.1. The maximum absolute atomic E-state index is 12.7. The van der Waals surface area contributed by atoms with Gasteiger partial charge in [-0.3, -0.25) is 9.59 Å². The summed E-state index contributed by atoms with van der Waals surface area (Å²) in [5.74, 6) is 0.855. The molecular formula is C21H27N3O3. The van der Waals surface area contributed by atoms with Crippen molar-refractivity contribution in [1.29, 1.82) is 0 Å². The molecule has 0 unspecified atom stereocenters. The van der Waals surface area contributed by atoms with E-state index in [1.54, 1.807) is 31.4 Å². The minimum Gasteiger partial charge on any atom is -0.497 e. The lowest BCUT2D eigenvalue weighted by molar-refractivity contribution is -0.131. The van der Waals surface area contributed by atoms with E-state index in [4.69, 9.17) is 4.74 Å². The first-order valence-electron chi connectivity index (χ1n) is 9.23. The summed E-state index contributed by atoms with van der Waals surface area (Å²) in [5, 5.41) is 0. The van der Waals surface area contributed by atoms with Crippen LogP contribution in [0.1, 0.15) is 27.3 Å². The van der Waals surface area contributed by atoms with Gasteiger partial charge in [0.2, 0.25) is 5.91 Å². The number of rotatable bonds is 4. The van der Waals surface area contributed by atoms with Gasteiger partial charge in [0.05, 0.1) is 13.5 Å². The molecule has 0 saturated carbocycles. The molecule has 3 rings (SSSR count). The molecule has 0 bridgehead atoms. The molecule has 1 aliphatic rings. The van der Waals surface area contributed by atoms with Crippen LogP contribution in [0.15, 0.2) is 30.3 Å². The lowest BCUT2D eigenvalue weighted by Crippen LogP contribution is -2.51. The molecule has 1 saturated heterocycles. The van der Waals surface area contributed by atoms with Crippen LogP contribution in [0.5, 0.6) is 5.75 Å². The second-order valence-electron chi connectivity index (χ2n) is 7.03. The highest BCUT2D eigenvalue weighted by Crippen LogP contribution is 2.17. The normalized spacial score (nSPS) is 14.4. The van der Waals surface area contributed by atoms with E-state index >= 15 is 0 Å². The van der Waals surface area contributed by atoms with Gasteiger partial charge in [0.25, 0.3) is 5.91 Å². The summed E-state index contributed by atoms with van der Waals surface area (Å²) < 4.78 is 7.24. The number of aromatic nitrogens is 1. The summed E-state index contributed by atoms with van der Waals surface area (Å²) in [6, 6.07) is 9.21. The fourth-order valence-corrected chi connectivity index (χ4v) is 3.46. The Labute approximate surface area is 160 Å². The SMILES string of the molecule is COc1ccc(C(=O)N2CCN(C(=O)Cc3cc(C)n(C)c3C)CC2)cc1. The van der Waals surface area contributed by atoms with E-state index in [0.717, 1.165) is 22.7 Å². The minimum absolute atomic E-state index is 0.000666. The number of carbonyl (C=O) groups excluding carboxylic acids is 2. The molecule has 0 atom stereocenters.